The second-order valence-electron chi connectivity index (χ2n) is 8.89. The van der Waals surface area contributed by atoms with Gasteiger partial charge in [-0.25, -0.2) is 9.82 Å². The monoisotopic (exact) mass is 568 g/mol. The van der Waals surface area contributed by atoms with E-state index in [0.29, 0.717) is 34.3 Å². The number of nitrogens with zero attached hydrogens (tertiary/aromatic N) is 1. The second-order valence-corrected chi connectivity index (χ2v) is 9.33. The molecular weight excluding hydrogens is 539 g/mol. The van der Waals surface area contributed by atoms with Crippen LogP contribution in [0, 0.1) is 11.7 Å². The molecule has 0 aliphatic rings. The van der Waals surface area contributed by atoms with Crippen molar-refractivity contribution in [3.05, 3.63) is 88.7 Å². The number of anilines is 1. The van der Waals surface area contributed by atoms with Gasteiger partial charge in [0.05, 0.1) is 18.5 Å². The molecule has 210 valence electrons. The van der Waals surface area contributed by atoms with Crippen LogP contribution in [0.15, 0.2) is 71.8 Å². The number of para-hydroxylation sites is 1. The average Bonchev–Trinajstić information content (AvgIpc) is 2.92. The Labute approximate surface area is 236 Å². The minimum Gasteiger partial charge on any atom is -0.490 e. The molecule has 0 bridgehead atoms. The smallest absolute Gasteiger partial charge is 0.262 e. The summed E-state index contributed by atoms with van der Waals surface area (Å²) in [5.41, 5.74) is 3.46. The van der Waals surface area contributed by atoms with Gasteiger partial charge in [0.25, 0.3) is 17.7 Å². The number of ether oxygens (including phenoxy) is 2. The van der Waals surface area contributed by atoms with Crippen LogP contribution in [0.4, 0.5) is 10.1 Å². The van der Waals surface area contributed by atoms with E-state index >= 15 is 0 Å². The summed E-state index contributed by atoms with van der Waals surface area (Å²) in [6.07, 6.45) is 1.41. The van der Waals surface area contributed by atoms with Crippen LogP contribution in [0.25, 0.3) is 0 Å². The molecule has 0 spiro atoms. The summed E-state index contributed by atoms with van der Waals surface area (Å²) in [7, 11) is 0. The minimum absolute atomic E-state index is 0.0546. The van der Waals surface area contributed by atoms with E-state index in [1.54, 1.807) is 69.3 Å². The molecule has 0 fully saturated rings. The number of hydrogen-bond acceptors (Lipinski definition) is 6. The third kappa shape index (κ3) is 8.81. The van der Waals surface area contributed by atoms with Crippen LogP contribution >= 0.6 is 11.6 Å². The first-order chi connectivity index (χ1) is 19.2. The summed E-state index contributed by atoms with van der Waals surface area (Å²) >= 11 is 5.87. The van der Waals surface area contributed by atoms with E-state index < -0.39 is 29.6 Å². The quantitative estimate of drug-likeness (QED) is 0.214. The first kappa shape index (κ1) is 30.1. The molecule has 9 nitrogen and oxygen atoms in total. The third-order valence-electron chi connectivity index (χ3n) is 5.50. The number of hydrogen-bond donors (Lipinski definition) is 3. The SMILES string of the molecule is CCOc1cc(C=NNC(=O)C(NC(=O)c2ccc(Cl)cc2)C(C)C)ccc1OCC(=O)Nc1ccccc1F. The molecule has 0 heterocycles. The van der Waals surface area contributed by atoms with Gasteiger partial charge in [0, 0.05) is 10.6 Å². The summed E-state index contributed by atoms with van der Waals surface area (Å²) in [6.45, 7) is 5.37. The third-order valence-corrected chi connectivity index (χ3v) is 5.76. The molecule has 3 rings (SSSR count). The molecule has 0 aliphatic carbocycles. The van der Waals surface area contributed by atoms with Crippen molar-refractivity contribution >= 4 is 41.2 Å². The van der Waals surface area contributed by atoms with Crippen molar-refractivity contribution in [1.82, 2.24) is 10.7 Å². The van der Waals surface area contributed by atoms with Crippen molar-refractivity contribution in [3.8, 4) is 11.5 Å². The Morgan fingerprint density at radius 2 is 1.73 bits per heavy atom. The van der Waals surface area contributed by atoms with Crippen LogP contribution in [-0.4, -0.2) is 43.2 Å². The number of halogens is 2. The van der Waals surface area contributed by atoms with Crippen LogP contribution in [0.2, 0.25) is 5.02 Å². The number of carbonyl (C=O) groups is 3. The molecule has 0 aromatic heterocycles. The highest BCUT2D eigenvalue weighted by Gasteiger charge is 2.24. The summed E-state index contributed by atoms with van der Waals surface area (Å²) in [4.78, 5) is 37.5. The van der Waals surface area contributed by atoms with Gasteiger partial charge in [-0.15, -0.1) is 0 Å². The van der Waals surface area contributed by atoms with Crippen molar-refractivity contribution < 1.29 is 28.2 Å². The van der Waals surface area contributed by atoms with Gasteiger partial charge in [0.2, 0.25) is 0 Å². The molecule has 0 saturated carbocycles. The fraction of sp³-hybridized carbons (Fsp3) is 0.241. The molecular formula is C29H30ClFN4O5. The number of amides is 3. The van der Waals surface area contributed by atoms with E-state index in [-0.39, 0.29) is 18.2 Å². The number of carbonyl (C=O) groups excluding carboxylic acids is 3. The molecule has 0 saturated heterocycles. The van der Waals surface area contributed by atoms with Gasteiger partial charge in [-0.05, 0) is 73.0 Å². The molecule has 11 heteroatoms. The Morgan fingerprint density at radius 1 is 1.00 bits per heavy atom. The zero-order chi connectivity index (χ0) is 29.1. The van der Waals surface area contributed by atoms with Gasteiger partial charge in [-0.1, -0.05) is 37.6 Å². The fourth-order valence-electron chi connectivity index (χ4n) is 3.49. The van der Waals surface area contributed by atoms with Gasteiger partial charge in [-0.3, -0.25) is 14.4 Å². The number of hydrazone groups is 1. The van der Waals surface area contributed by atoms with Gasteiger partial charge in [0.1, 0.15) is 11.9 Å². The largest absolute Gasteiger partial charge is 0.490 e. The van der Waals surface area contributed by atoms with E-state index in [1.165, 1.54) is 24.4 Å². The normalized spacial score (nSPS) is 11.7. The van der Waals surface area contributed by atoms with Gasteiger partial charge < -0.3 is 20.1 Å². The topological polar surface area (TPSA) is 118 Å². The Hall–Kier alpha value is -4.44. The molecule has 0 radical (unpaired) electrons. The molecule has 3 aromatic rings. The van der Waals surface area contributed by atoms with Gasteiger partial charge >= 0.3 is 0 Å². The van der Waals surface area contributed by atoms with Crippen LogP contribution in [-0.2, 0) is 9.59 Å². The van der Waals surface area contributed by atoms with E-state index in [2.05, 4.69) is 21.2 Å². The Balaban J connectivity index is 1.60. The molecule has 1 atom stereocenters. The number of benzene rings is 3. The lowest BCUT2D eigenvalue weighted by molar-refractivity contribution is -0.124. The van der Waals surface area contributed by atoms with E-state index in [4.69, 9.17) is 21.1 Å². The maximum atomic E-state index is 13.8. The summed E-state index contributed by atoms with van der Waals surface area (Å²) in [5, 5.41) is 9.68. The second kappa shape index (κ2) is 14.6. The van der Waals surface area contributed by atoms with E-state index in [9.17, 15) is 18.8 Å². The first-order valence-electron chi connectivity index (χ1n) is 12.5. The van der Waals surface area contributed by atoms with Gasteiger partial charge in [0.15, 0.2) is 18.1 Å². The highest BCUT2D eigenvalue weighted by atomic mass is 35.5. The number of rotatable bonds is 12. The lowest BCUT2D eigenvalue weighted by Gasteiger charge is -2.20. The van der Waals surface area contributed by atoms with Crippen LogP contribution in [0.5, 0.6) is 11.5 Å². The average molecular weight is 569 g/mol. The molecule has 3 N–H and O–H groups in total. The van der Waals surface area contributed by atoms with Crippen molar-refractivity contribution in [2.24, 2.45) is 11.0 Å². The van der Waals surface area contributed by atoms with Crippen LogP contribution < -0.4 is 25.5 Å². The highest BCUT2D eigenvalue weighted by Crippen LogP contribution is 2.28. The van der Waals surface area contributed by atoms with Crippen molar-refractivity contribution in [3.63, 3.8) is 0 Å². The van der Waals surface area contributed by atoms with Crippen LogP contribution in [0.3, 0.4) is 0 Å². The Morgan fingerprint density at radius 3 is 2.40 bits per heavy atom. The van der Waals surface area contributed by atoms with Crippen molar-refractivity contribution in [2.45, 2.75) is 26.8 Å². The van der Waals surface area contributed by atoms with Crippen molar-refractivity contribution in [1.29, 1.82) is 0 Å². The van der Waals surface area contributed by atoms with E-state index in [1.807, 2.05) is 0 Å². The molecule has 0 aliphatic heterocycles. The van der Waals surface area contributed by atoms with Crippen LogP contribution in [0.1, 0.15) is 36.7 Å². The maximum Gasteiger partial charge on any atom is 0.262 e. The first-order valence-corrected chi connectivity index (χ1v) is 12.9. The predicted octanol–water partition coefficient (Wildman–Crippen LogP) is 4.80. The Kier molecular flexibility index (Phi) is 11.0. The van der Waals surface area contributed by atoms with E-state index in [0.717, 1.165) is 0 Å². The predicted molar refractivity (Wildman–Crippen MR) is 151 cm³/mol. The molecule has 40 heavy (non-hydrogen) atoms. The Bertz CT molecular complexity index is 1360. The summed E-state index contributed by atoms with van der Waals surface area (Å²) in [6, 6.07) is 16.2. The zero-order valence-electron chi connectivity index (χ0n) is 22.2. The fourth-order valence-corrected chi connectivity index (χ4v) is 3.61. The minimum atomic E-state index is -0.828. The maximum absolute atomic E-state index is 13.8. The lowest BCUT2D eigenvalue weighted by Crippen LogP contribution is -2.48. The lowest BCUT2D eigenvalue weighted by atomic mass is 10.0. The van der Waals surface area contributed by atoms with Gasteiger partial charge in [-0.2, -0.15) is 5.10 Å². The molecule has 3 aromatic carbocycles. The van der Waals surface area contributed by atoms with Crippen molar-refractivity contribution in [2.75, 3.05) is 18.5 Å². The molecule has 1 unspecified atom stereocenters. The summed E-state index contributed by atoms with van der Waals surface area (Å²) < 4.78 is 25.0. The zero-order valence-corrected chi connectivity index (χ0v) is 23.0. The standard InChI is InChI=1S/C29H30ClFN4O5/c1-4-39-25-15-19(9-14-24(25)40-17-26(36)33-23-8-6-5-7-22(23)31)16-32-35-29(38)27(18(2)3)34-28(37)20-10-12-21(30)13-11-20/h5-16,18,27H,4,17H2,1-3H3,(H,33,36)(H,34,37)(H,35,38). The summed E-state index contributed by atoms with van der Waals surface area (Å²) in [5.74, 6) is -1.53. The highest BCUT2D eigenvalue weighted by molar-refractivity contribution is 6.30. The molecule has 3 amide bonds. The number of nitrogens with one attached hydrogen (secondary N) is 3.